The average Bonchev–Trinajstić information content (AvgIpc) is 3.15. The first-order valence-corrected chi connectivity index (χ1v) is 9.75. The Balaban J connectivity index is 1.60. The molecule has 26 heavy (non-hydrogen) atoms. The van der Waals surface area contributed by atoms with Crippen molar-refractivity contribution in [2.75, 3.05) is 26.3 Å². The lowest BCUT2D eigenvalue weighted by Crippen LogP contribution is -2.34. The van der Waals surface area contributed by atoms with Crippen LogP contribution in [0.5, 0.6) is 11.5 Å². The molecule has 1 atom stereocenters. The highest BCUT2D eigenvalue weighted by molar-refractivity contribution is 7.89. The predicted octanol–water partition coefficient (Wildman–Crippen LogP) is 0.822. The molecule has 0 bridgehead atoms. The number of fused-ring (bicyclic) bond motifs is 1. The van der Waals surface area contributed by atoms with Gasteiger partial charge in [-0.2, -0.15) is 9.29 Å². The maximum absolute atomic E-state index is 13.0. The molecular formula is C16H19N3O6S. The topological polar surface area (TPSA) is 115 Å². The highest BCUT2D eigenvalue weighted by Gasteiger charge is 2.46. The van der Waals surface area contributed by atoms with E-state index in [1.165, 1.54) is 16.4 Å². The Hall–Kier alpha value is -2.17. The maximum atomic E-state index is 13.0. The molecule has 1 aromatic carbocycles. The Morgan fingerprint density at radius 2 is 2.00 bits per heavy atom. The molecule has 0 saturated carbocycles. The number of aryl methyl sites for hydroxylation is 1. The molecule has 2 aromatic rings. The summed E-state index contributed by atoms with van der Waals surface area (Å²) in [5.41, 5.74) is -1.49. The van der Waals surface area contributed by atoms with E-state index in [4.69, 9.17) is 14.0 Å². The summed E-state index contributed by atoms with van der Waals surface area (Å²) in [6.45, 7) is 2.63. The van der Waals surface area contributed by atoms with Crippen molar-refractivity contribution in [3.05, 3.63) is 29.9 Å². The number of aliphatic hydroxyl groups is 1. The summed E-state index contributed by atoms with van der Waals surface area (Å²) in [6, 6.07) is 4.54. The van der Waals surface area contributed by atoms with Crippen LogP contribution in [0.25, 0.3) is 0 Å². The molecule has 0 radical (unpaired) electrons. The van der Waals surface area contributed by atoms with Crippen LogP contribution in [-0.4, -0.2) is 54.3 Å². The van der Waals surface area contributed by atoms with Gasteiger partial charge < -0.3 is 19.1 Å². The molecular weight excluding hydrogens is 362 g/mol. The quantitative estimate of drug-likeness (QED) is 0.831. The van der Waals surface area contributed by atoms with Crippen LogP contribution < -0.4 is 9.47 Å². The zero-order chi connectivity index (χ0) is 18.4. The van der Waals surface area contributed by atoms with E-state index in [1.807, 2.05) is 0 Å². The minimum Gasteiger partial charge on any atom is -0.490 e. The number of rotatable bonds is 3. The lowest BCUT2D eigenvalue weighted by molar-refractivity contribution is 0.0194. The normalized spacial score (nSPS) is 23.8. The molecule has 0 spiro atoms. The maximum Gasteiger partial charge on any atom is 0.260 e. The largest absolute Gasteiger partial charge is 0.490 e. The van der Waals surface area contributed by atoms with E-state index in [2.05, 4.69) is 10.1 Å². The molecule has 0 amide bonds. The molecule has 3 heterocycles. The zero-order valence-electron chi connectivity index (χ0n) is 14.2. The van der Waals surface area contributed by atoms with Gasteiger partial charge in [0.15, 0.2) is 22.9 Å². The third-order valence-corrected chi connectivity index (χ3v) is 6.34. The lowest BCUT2D eigenvalue weighted by Gasteiger charge is -2.20. The van der Waals surface area contributed by atoms with E-state index in [0.717, 1.165) is 6.42 Å². The Morgan fingerprint density at radius 3 is 2.73 bits per heavy atom. The molecule has 10 heteroatoms. The number of β-amino-alcohol motifs (C(OH)–C–C–N with tert-alkyl or cyclic N) is 1. The first kappa shape index (κ1) is 17.3. The van der Waals surface area contributed by atoms with Crippen LogP contribution in [0, 0.1) is 6.92 Å². The minimum absolute atomic E-state index is 0.0337. The number of nitrogens with zero attached hydrogens (tertiary/aromatic N) is 3. The van der Waals surface area contributed by atoms with Gasteiger partial charge in [-0.3, -0.25) is 0 Å². The summed E-state index contributed by atoms with van der Waals surface area (Å²) in [6.07, 6.45) is 0.915. The second kappa shape index (κ2) is 6.22. The molecule has 2 aliphatic heterocycles. The fourth-order valence-electron chi connectivity index (χ4n) is 3.08. The summed E-state index contributed by atoms with van der Waals surface area (Å²) >= 11 is 0. The Labute approximate surface area is 150 Å². The van der Waals surface area contributed by atoms with Crippen molar-refractivity contribution < 1.29 is 27.5 Å². The van der Waals surface area contributed by atoms with Crippen molar-refractivity contribution in [3.8, 4) is 11.5 Å². The van der Waals surface area contributed by atoms with Gasteiger partial charge in [-0.15, -0.1) is 0 Å². The van der Waals surface area contributed by atoms with Gasteiger partial charge in [-0.1, -0.05) is 5.16 Å². The molecule has 4 rings (SSSR count). The number of benzene rings is 1. The van der Waals surface area contributed by atoms with E-state index in [0.29, 0.717) is 30.5 Å². The highest BCUT2D eigenvalue weighted by Crippen LogP contribution is 2.37. The molecule has 2 aliphatic rings. The third kappa shape index (κ3) is 2.93. The Morgan fingerprint density at radius 1 is 1.23 bits per heavy atom. The smallest absolute Gasteiger partial charge is 0.260 e. The zero-order valence-corrected chi connectivity index (χ0v) is 15.0. The van der Waals surface area contributed by atoms with Gasteiger partial charge in [0.2, 0.25) is 10.0 Å². The molecule has 1 N–H and O–H groups in total. The van der Waals surface area contributed by atoms with Crippen LogP contribution in [0.3, 0.4) is 0 Å². The summed E-state index contributed by atoms with van der Waals surface area (Å²) < 4.78 is 43.3. The summed E-state index contributed by atoms with van der Waals surface area (Å²) in [5.74, 6) is 1.36. The Bertz CT molecular complexity index is 928. The lowest BCUT2D eigenvalue weighted by atomic mass is 10.0. The first-order valence-electron chi connectivity index (χ1n) is 8.31. The molecule has 9 nitrogen and oxygen atoms in total. The van der Waals surface area contributed by atoms with Crippen molar-refractivity contribution in [3.63, 3.8) is 0 Å². The molecule has 0 unspecified atom stereocenters. The van der Waals surface area contributed by atoms with Gasteiger partial charge in [-0.05, 0) is 19.1 Å². The summed E-state index contributed by atoms with van der Waals surface area (Å²) in [5, 5.41) is 14.4. The van der Waals surface area contributed by atoms with Crippen LogP contribution in [0.2, 0.25) is 0 Å². The number of aromatic nitrogens is 2. The van der Waals surface area contributed by atoms with E-state index < -0.39 is 15.6 Å². The van der Waals surface area contributed by atoms with Gasteiger partial charge in [0.25, 0.3) is 5.89 Å². The van der Waals surface area contributed by atoms with Crippen molar-refractivity contribution in [2.45, 2.75) is 30.3 Å². The molecule has 1 saturated heterocycles. The van der Waals surface area contributed by atoms with Crippen molar-refractivity contribution in [1.82, 2.24) is 14.4 Å². The van der Waals surface area contributed by atoms with Gasteiger partial charge in [-0.25, -0.2) is 8.42 Å². The van der Waals surface area contributed by atoms with E-state index in [1.54, 1.807) is 13.0 Å². The minimum atomic E-state index is -3.81. The number of hydrogen-bond donors (Lipinski definition) is 1. The SMILES string of the molecule is Cc1noc([C@@]2(O)CCN(S(=O)(=O)c3ccc4c(c3)OCCCO4)C2)n1. The van der Waals surface area contributed by atoms with Crippen LogP contribution in [0.15, 0.2) is 27.6 Å². The van der Waals surface area contributed by atoms with Crippen LogP contribution in [-0.2, 0) is 15.6 Å². The Kier molecular flexibility index (Phi) is 4.13. The van der Waals surface area contributed by atoms with Crippen LogP contribution >= 0.6 is 0 Å². The molecule has 1 aromatic heterocycles. The third-order valence-electron chi connectivity index (χ3n) is 4.50. The fourth-order valence-corrected chi connectivity index (χ4v) is 4.59. The second-order valence-electron chi connectivity index (χ2n) is 6.43. The number of hydrogen-bond acceptors (Lipinski definition) is 8. The van der Waals surface area contributed by atoms with Crippen molar-refractivity contribution in [2.24, 2.45) is 0 Å². The molecule has 0 aliphatic carbocycles. The fraction of sp³-hybridized carbons (Fsp3) is 0.500. The van der Waals surface area contributed by atoms with Gasteiger partial charge >= 0.3 is 0 Å². The summed E-state index contributed by atoms with van der Waals surface area (Å²) in [4.78, 5) is 4.13. The van der Waals surface area contributed by atoms with E-state index >= 15 is 0 Å². The predicted molar refractivity (Wildman–Crippen MR) is 88.4 cm³/mol. The van der Waals surface area contributed by atoms with Gasteiger partial charge in [0.05, 0.1) is 24.7 Å². The van der Waals surface area contributed by atoms with E-state index in [-0.39, 0.29) is 30.3 Å². The van der Waals surface area contributed by atoms with Crippen molar-refractivity contribution >= 4 is 10.0 Å². The second-order valence-corrected chi connectivity index (χ2v) is 8.36. The van der Waals surface area contributed by atoms with Crippen LogP contribution in [0.1, 0.15) is 24.6 Å². The average molecular weight is 381 g/mol. The molecule has 140 valence electrons. The first-order chi connectivity index (χ1) is 12.4. The number of sulfonamides is 1. The monoisotopic (exact) mass is 381 g/mol. The van der Waals surface area contributed by atoms with Gasteiger partial charge in [0.1, 0.15) is 0 Å². The van der Waals surface area contributed by atoms with E-state index in [9.17, 15) is 13.5 Å². The van der Waals surface area contributed by atoms with Crippen molar-refractivity contribution in [1.29, 1.82) is 0 Å². The highest BCUT2D eigenvalue weighted by atomic mass is 32.2. The number of ether oxygens (including phenoxy) is 2. The standard InChI is InChI=1S/C16H19N3O6S/c1-11-17-15(25-18-11)16(20)5-6-19(10-16)26(21,22)12-3-4-13-14(9-12)24-8-2-7-23-13/h3-4,9,20H,2,5-8,10H2,1H3/t16-/m1/s1. The summed E-state index contributed by atoms with van der Waals surface area (Å²) in [7, 11) is -3.81. The van der Waals surface area contributed by atoms with Gasteiger partial charge in [0, 0.05) is 25.5 Å². The van der Waals surface area contributed by atoms with Crippen LogP contribution in [0.4, 0.5) is 0 Å². The molecule has 1 fully saturated rings.